The molecule has 4 atom stereocenters. The molecule has 1 aliphatic heterocycles. The summed E-state index contributed by atoms with van der Waals surface area (Å²) in [5.41, 5.74) is 1.20. The van der Waals surface area contributed by atoms with Gasteiger partial charge < -0.3 is 9.47 Å². The largest absolute Gasteiger partial charge is 0.362 e. The highest BCUT2D eigenvalue weighted by Gasteiger charge is 2.54. The molecular weight excluding hydrogens is 272 g/mol. The van der Waals surface area contributed by atoms with Gasteiger partial charge in [0.2, 0.25) is 0 Å². The van der Waals surface area contributed by atoms with E-state index in [2.05, 4.69) is 76.2 Å². The fourth-order valence-electron chi connectivity index (χ4n) is 3.36. The maximum absolute atomic E-state index is 6.52. The summed E-state index contributed by atoms with van der Waals surface area (Å²) in [5.74, 6) is 0. The lowest BCUT2D eigenvalue weighted by Crippen LogP contribution is -2.58. The molecule has 2 heteroatoms. The van der Waals surface area contributed by atoms with Crippen LogP contribution in [0.3, 0.4) is 0 Å². The quantitative estimate of drug-likeness (QED) is 0.803. The van der Waals surface area contributed by atoms with Crippen molar-refractivity contribution in [1.82, 2.24) is 0 Å². The Morgan fingerprint density at radius 1 is 0.636 bits per heavy atom. The van der Waals surface area contributed by atoms with Crippen LogP contribution in [0.4, 0.5) is 0 Å². The topological polar surface area (TPSA) is 18.5 Å². The van der Waals surface area contributed by atoms with Gasteiger partial charge in [0.15, 0.2) is 0 Å². The summed E-state index contributed by atoms with van der Waals surface area (Å²) in [6.45, 7) is 8.43. The molecule has 1 aliphatic rings. The van der Waals surface area contributed by atoms with Gasteiger partial charge in [-0.1, -0.05) is 60.7 Å². The van der Waals surface area contributed by atoms with Gasteiger partial charge in [-0.15, -0.1) is 0 Å². The molecule has 2 aromatic carbocycles. The average Bonchev–Trinajstić information content (AvgIpc) is 2.55. The second kappa shape index (κ2) is 5.53. The third kappa shape index (κ3) is 2.27. The lowest BCUT2D eigenvalue weighted by Gasteiger charge is -2.54. The van der Waals surface area contributed by atoms with Gasteiger partial charge in [-0.3, -0.25) is 0 Å². The van der Waals surface area contributed by atoms with E-state index >= 15 is 0 Å². The second-order valence-electron chi connectivity index (χ2n) is 6.44. The van der Waals surface area contributed by atoms with Crippen LogP contribution in [0.1, 0.15) is 38.8 Å². The van der Waals surface area contributed by atoms with Gasteiger partial charge in [0.1, 0.15) is 11.2 Å². The normalized spacial score (nSPS) is 35.3. The Labute approximate surface area is 133 Å². The molecule has 0 saturated carbocycles. The summed E-state index contributed by atoms with van der Waals surface area (Å²) in [6, 6.07) is 20.7. The molecule has 0 bridgehead atoms. The average molecular weight is 296 g/mol. The minimum Gasteiger partial charge on any atom is -0.362 e. The van der Waals surface area contributed by atoms with Crippen LogP contribution in [0.25, 0.3) is 0 Å². The lowest BCUT2D eigenvalue weighted by molar-refractivity contribution is -0.311. The Balaban J connectivity index is 2.16. The Bertz CT molecular complexity index is 567. The number of ether oxygens (including phenoxy) is 2. The van der Waals surface area contributed by atoms with Gasteiger partial charge in [-0.25, -0.2) is 0 Å². The number of benzene rings is 2. The molecule has 0 spiro atoms. The third-order valence-corrected chi connectivity index (χ3v) is 5.06. The maximum atomic E-state index is 6.52. The predicted molar refractivity (Wildman–Crippen MR) is 88.7 cm³/mol. The summed E-state index contributed by atoms with van der Waals surface area (Å²) in [5, 5.41) is 0. The first-order valence-electron chi connectivity index (χ1n) is 7.94. The van der Waals surface area contributed by atoms with Crippen LogP contribution in [0.2, 0.25) is 0 Å². The lowest BCUT2D eigenvalue weighted by atomic mass is 9.74. The molecular formula is C20H24O2. The first-order valence-corrected chi connectivity index (χ1v) is 7.94. The fourth-order valence-corrected chi connectivity index (χ4v) is 3.36. The molecule has 0 amide bonds. The minimum absolute atomic E-state index is 0.0435. The standard InChI is InChI=1S/C20H24O2/c1-15-16(2)22-20(4,18-13-9-6-10-14-18)19(3,21-15)17-11-7-5-8-12-17/h5-16H,1-4H3. The molecule has 0 aliphatic carbocycles. The molecule has 0 N–H and O–H groups in total. The number of rotatable bonds is 2. The molecule has 22 heavy (non-hydrogen) atoms. The van der Waals surface area contributed by atoms with E-state index in [0.29, 0.717) is 0 Å². The molecule has 1 saturated heterocycles. The molecule has 116 valence electrons. The smallest absolute Gasteiger partial charge is 0.124 e. The van der Waals surface area contributed by atoms with Crippen molar-refractivity contribution in [2.45, 2.75) is 51.1 Å². The highest BCUT2D eigenvalue weighted by molar-refractivity contribution is 5.34. The minimum atomic E-state index is -0.540. The summed E-state index contributed by atoms with van der Waals surface area (Å²) < 4.78 is 13.0. The molecule has 1 heterocycles. The van der Waals surface area contributed by atoms with Gasteiger partial charge in [0, 0.05) is 0 Å². The summed E-state index contributed by atoms with van der Waals surface area (Å²) in [7, 11) is 0. The Hall–Kier alpha value is -1.64. The zero-order valence-corrected chi connectivity index (χ0v) is 13.7. The van der Waals surface area contributed by atoms with Crippen molar-refractivity contribution in [2.75, 3.05) is 0 Å². The fraction of sp³-hybridized carbons (Fsp3) is 0.400. The van der Waals surface area contributed by atoms with Crippen molar-refractivity contribution in [1.29, 1.82) is 0 Å². The third-order valence-electron chi connectivity index (χ3n) is 5.06. The van der Waals surface area contributed by atoms with Gasteiger partial charge >= 0.3 is 0 Å². The van der Waals surface area contributed by atoms with E-state index in [9.17, 15) is 0 Å². The van der Waals surface area contributed by atoms with Crippen molar-refractivity contribution >= 4 is 0 Å². The monoisotopic (exact) mass is 296 g/mol. The molecule has 2 nitrogen and oxygen atoms in total. The first kappa shape index (κ1) is 15.3. The van der Waals surface area contributed by atoms with Gasteiger partial charge in [-0.2, -0.15) is 0 Å². The zero-order chi connectivity index (χ0) is 15.8. The van der Waals surface area contributed by atoms with Crippen molar-refractivity contribution in [3.8, 4) is 0 Å². The summed E-state index contributed by atoms with van der Waals surface area (Å²) >= 11 is 0. The predicted octanol–water partition coefficient (Wildman–Crippen LogP) is 4.64. The molecule has 0 radical (unpaired) electrons. The second-order valence-corrected chi connectivity index (χ2v) is 6.44. The van der Waals surface area contributed by atoms with Gasteiger partial charge in [0.25, 0.3) is 0 Å². The van der Waals surface area contributed by atoms with E-state index in [4.69, 9.17) is 9.47 Å². The highest BCUT2D eigenvalue weighted by Crippen LogP contribution is 2.50. The van der Waals surface area contributed by atoms with E-state index in [1.165, 1.54) is 0 Å². The van der Waals surface area contributed by atoms with Crippen LogP contribution in [-0.2, 0) is 20.7 Å². The first-order chi connectivity index (χ1) is 10.5. The Morgan fingerprint density at radius 3 is 1.27 bits per heavy atom. The van der Waals surface area contributed by atoms with Crippen LogP contribution in [0.15, 0.2) is 60.7 Å². The maximum Gasteiger partial charge on any atom is 0.124 e. The highest BCUT2D eigenvalue weighted by atomic mass is 16.6. The van der Waals surface area contributed by atoms with E-state index in [-0.39, 0.29) is 12.2 Å². The molecule has 3 rings (SSSR count). The molecule has 2 aromatic rings. The van der Waals surface area contributed by atoms with E-state index < -0.39 is 11.2 Å². The zero-order valence-electron chi connectivity index (χ0n) is 13.7. The van der Waals surface area contributed by atoms with E-state index in [1.54, 1.807) is 0 Å². The van der Waals surface area contributed by atoms with Crippen LogP contribution in [0.5, 0.6) is 0 Å². The molecule has 0 aromatic heterocycles. The SMILES string of the molecule is CC1OC(C)(c2ccccc2)C(C)(c2ccccc2)OC1C. The van der Waals surface area contributed by atoms with Crippen LogP contribution in [-0.4, -0.2) is 12.2 Å². The Morgan fingerprint density at radius 2 is 0.955 bits per heavy atom. The van der Waals surface area contributed by atoms with E-state index in [0.717, 1.165) is 11.1 Å². The molecule has 4 unspecified atom stereocenters. The Kier molecular flexibility index (Phi) is 3.84. The van der Waals surface area contributed by atoms with Gasteiger partial charge in [-0.05, 0) is 38.8 Å². The van der Waals surface area contributed by atoms with E-state index in [1.807, 2.05) is 12.1 Å². The van der Waals surface area contributed by atoms with Crippen molar-refractivity contribution in [2.24, 2.45) is 0 Å². The number of hydrogen-bond acceptors (Lipinski definition) is 2. The van der Waals surface area contributed by atoms with Crippen molar-refractivity contribution < 1.29 is 9.47 Å². The van der Waals surface area contributed by atoms with Crippen LogP contribution in [0, 0.1) is 0 Å². The number of hydrogen-bond donors (Lipinski definition) is 0. The van der Waals surface area contributed by atoms with Crippen LogP contribution < -0.4 is 0 Å². The van der Waals surface area contributed by atoms with Crippen molar-refractivity contribution in [3.05, 3.63) is 71.8 Å². The van der Waals surface area contributed by atoms with Crippen LogP contribution >= 0.6 is 0 Å². The van der Waals surface area contributed by atoms with Crippen molar-refractivity contribution in [3.63, 3.8) is 0 Å². The summed E-state index contributed by atoms with van der Waals surface area (Å²) in [6.07, 6.45) is 0.0870. The molecule has 1 fully saturated rings. The van der Waals surface area contributed by atoms with Gasteiger partial charge in [0.05, 0.1) is 12.2 Å². The summed E-state index contributed by atoms with van der Waals surface area (Å²) in [4.78, 5) is 0.